The first kappa shape index (κ1) is 18.3. The average Bonchev–Trinajstić information content (AvgIpc) is 2.68. The second-order valence-corrected chi connectivity index (χ2v) is 6.31. The van der Waals surface area contributed by atoms with E-state index in [1.54, 1.807) is 36.3 Å². The first-order chi connectivity index (χ1) is 12.6. The lowest BCUT2D eigenvalue weighted by molar-refractivity contribution is -0.00682. The number of ether oxygens (including phenoxy) is 2. The van der Waals surface area contributed by atoms with E-state index in [1.807, 2.05) is 0 Å². The molecular formula is C20H21F2NO3. The monoisotopic (exact) mass is 361 g/mol. The topological polar surface area (TPSA) is 38.8 Å². The van der Waals surface area contributed by atoms with E-state index in [9.17, 15) is 13.6 Å². The van der Waals surface area contributed by atoms with Crippen molar-refractivity contribution in [2.24, 2.45) is 0 Å². The summed E-state index contributed by atoms with van der Waals surface area (Å²) >= 11 is 0. The minimum absolute atomic E-state index is 0.0648. The van der Waals surface area contributed by atoms with E-state index in [0.29, 0.717) is 30.0 Å². The number of carbonyl (C=O) groups is 1. The number of benzene rings is 2. The molecule has 1 aliphatic heterocycles. The molecule has 26 heavy (non-hydrogen) atoms. The average molecular weight is 361 g/mol. The van der Waals surface area contributed by atoms with Crippen molar-refractivity contribution in [1.82, 2.24) is 4.90 Å². The predicted octanol–water partition coefficient (Wildman–Crippen LogP) is 3.79. The molecule has 1 amide bonds. The van der Waals surface area contributed by atoms with Crippen molar-refractivity contribution in [3.8, 4) is 5.75 Å². The summed E-state index contributed by atoms with van der Waals surface area (Å²) in [6.07, 6.45) is 1.52. The molecule has 0 unspecified atom stereocenters. The van der Waals surface area contributed by atoms with Crippen LogP contribution in [0.2, 0.25) is 0 Å². The fourth-order valence-corrected chi connectivity index (χ4v) is 3.04. The Balaban J connectivity index is 1.59. The van der Waals surface area contributed by atoms with Crippen LogP contribution in [0, 0.1) is 11.6 Å². The minimum atomic E-state index is -0.885. The van der Waals surface area contributed by atoms with Crippen LogP contribution in [0.3, 0.4) is 0 Å². The Morgan fingerprint density at radius 3 is 2.81 bits per heavy atom. The molecule has 2 aromatic carbocycles. The zero-order valence-corrected chi connectivity index (χ0v) is 14.6. The van der Waals surface area contributed by atoms with Crippen LogP contribution in [0.25, 0.3) is 0 Å². The van der Waals surface area contributed by atoms with Gasteiger partial charge >= 0.3 is 0 Å². The summed E-state index contributed by atoms with van der Waals surface area (Å²) in [5, 5.41) is 0. The number of amides is 1. The summed E-state index contributed by atoms with van der Waals surface area (Å²) in [7, 11) is 1.56. The van der Waals surface area contributed by atoms with E-state index in [4.69, 9.17) is 9.47 Å². The van der Waals surface area contributed by atoms with Crippen LogP contribution < -0.4 is 4.74 Å². The second kappa shape index (κ2) is 8.27. The van der Waals surface area contributed by atoms with E-state index >= 15 is 0 Å². The molecule has 0 spiro atoms. The molecule has 0 radical (unpaired) electrons. The summed E-state index contributed by atoms with van der Waals surface area (Å²) in [4.78, 5) is 14.5. The van der Waals surface area contributed by atoms with Crippen molar-refractivity contribution in [2.75, 3.05) is 20.2 Å². The number of carbonyl (C=O) groups excluding carboxylic acids is 1. The van der Waals surface area contributed by atoms with Crippen LogP contribution >= 0.6 is 0 Å². The third kappa shape index (κ3) is 4.38. The molecule has 0 saturated carbocycles. The summed E-state index contributed by atoms with van der Waals surface area (Å²) < 4.78 is 37.2. The van der Waals surface area contributed by atoms with Crippen molar-refractivity contribution in [1.29, 1.82) is 0 Å². The van der Waals surface area contributed by atoms with Gasteiger partial charge in [-0.2, -0.15) is 0 Å². The highest BCUT2D eigenvalue weighted by Gasteiger charge is 2.25. The molecule has 0 bridgehead atoms. The first-order valence-corrected chi connectivity index (χ1v) is 8.55. The molecule has 1 aliphatic rings. The van der Waals surface area contributed by atoms with Crippen molar-refractivity contribution >= 4 is 5.91 Å². The molecule has 138 valence electrons. The fraction of sp³-hybridized carbons (Fsp3) is 0.350. The number of nitrogens with zero attached hydrogens (tertiary/aromatic N) is 1. The van der Waals surface area contributed by atoms with Crippen LogP contribution in [0.1, 0.15) is 28.8 Å². The number of likely N-dealkylation sites (tertiary alicyclic amines) is 1. The van der Waals surface area contributed by atoms with Gasteiger partial charge in [0.2, 0.25) is 0 Å². The molecular weight excluding hydrogens is 340 g/mol. The van der Waals surface area contributed by atoms with Crippen LogP contribution in [-0.2, 0) is 11.3 Å². The Morgan fingerprint density at radius 2 is 2.04 bits per heavy atom. The highest BCUT2D eigenvalue weighted by Crippen LogP contribution is 2.20. The maximum Gasteiger partial charge on any atom is 0.254 e. The maximum absolute atomic E-state index is 13.3. The molecule has 6 heteroatoms. The molecule has 0 aliphatic carbocycles. The number of halogens is 2. The Bertz CT molecular complexity index is 781. The van der Waals surface area contributed by atoms with Gasteiger partial charge in [0.25, 0.3) is 5.91 Å². The molecule has 1 fully saturated rings. The molecule has 1 saturated heterocycles. The Kier molecular flexibility index (Phi) is 5.83. The van der Waals surface area contributed by atoms with Crippen molar-refractivity contribution < 1.29 is 23.0 Å². The van der Waals surface area contributed by atoms with Crippen LogP contribution in [0.4, 0.5) is 8.78 Å². The molecule has 1 atom stereocenters. The largest absolute Gasteiger partial charge is 0.497 e. The number of rotatable bonds is 5. The zero-order valence-electron chi connectivity index (χ0n) is 14.6. The number of piperidine rings is 1. The van der Waals surface area contributed by atoms with E-state index in [-0.39, 0.29) is 18.6 Å². The molecule has 1 heterocycles. The van der Waals surface area contributed by atoms with Crippen LogP contribution in [0.15, 0.2) is 42.5 Å². The normalized spacial score (nSPS) is 17.2. The second-order valence-electron chi connectivity index (χ2n) is 6.31. The number of methoxy groups -OCH3 is 1. The Morgan fingerprint density at radius 1 is 1.19 bits per heavy atom. The Hall–Kier alpha value is -2.47. The number of hydrogen-bond acceptors (Lipinski definition) is 3. The van der Waals surface area contributed by atoms with Gasteiger partial charge in [-0.05, 0) is 48.7 Å². The van der Waals surface area contributed by atoms with Crippen molar-refractivity contribution in [3.63, 3.8) is 0 Å². The molecule has 2 aromatic rings. The minimum Gasteiger partial charge on any atom is -0.497 e. The molecule has 0 N–H and O–H groups in total. The highest BCUT2D eigenvalue weighted by molar-refractivity contribution is 5.94. The predicted molar refractivity (Wildman–Crippen MR) is 93.1 cm³/mol. The van der Waals surface area contributed by atoms with Crippen LogP contribution in [-0.4, -0.2) is 37.1 Å². The van der Waals surface area contributed by atoms with Gasteiger partial charge in [0.15, 0.2) is 11.6 Å². The van der Waals surface area contributed by atoms with Gasteiger partial charge < -0.3 is 14.4 Å². The third-order valence-corrected chi connectivity index (χ3v) is 4.45. The SMILES string of the molecule is COc1cccc(C(=O)N2CCC[C@H](OCc3ccc(F)c(F)c3)C2)c1. The number of hydrogen-bond donors (Lipinski definition) is 0. The van der Waals surface area contributed by atoms with E-state index < -0.39 is 11.6 Å². The molecule has 4 nitrogen and oxygen atoms in total. The van der Waals surface area contributed by atoms with E-state index in [2.05, 4.69) is 0 Å². The lowest BCUT2D eigenvalue weighted by Crippen LogP contribution is -2.43. The van der Waals surface area contributed by atoms with Gasteiger partial charge in [-0.15, -0.1) is 0 Å². The zero-order chi connectivity index (χ0) is 18.5. The molecule has 3 rings (SSSR count). The van der Waals surface area contributed by atoms with Gasteiger partial charge in [0, 0.05) is 18.7 Å². The highest BCUT2D eigenvalue weighted by atomic mass is 19.2. The standard InChI is InChI=1S/C20H21F2NO3/c1-25-16-5-2-4-15(11-16)20(24)23-9-3-6-17(12-23)26-13-14-7-8-18(21)19(22)10-14/h2,4-5,7-8,10-11,17H,3,6,9,12-13H2,1H3/t17-/m0/s1. The quantitative estimate of drug-likeness (QED) is 0.813. The Labute approximate surface area is 151 Å². The summed E-state index contributed by atoms with van der Waals surface area (Å²) in [6, 6.07) is 10.8. The van der Waals surface area contributed by atoms with Gasteiger partial charge in [-0.25, -0.2) is 8.78 Å². The van der Waals surface area contributed by atoms with Gasteiger partial charge in [0.1, 0.15) is 5.75 Å². The van der Waals surface area contributed by atoms with Gasteiger partial charge in [0.05, 0.1) is 19.8 Å². The lowest BCUT2D eigenvalue weighted by Gasteiger charge is -2.32. The first-order valence-electron chi connectivity index (χ1n) is 8.55. The van der Waals surface area contributed by atoms with Crippen molar-refractivity contribution in [3.05, 3.63) is 65.2 Å². The van der Waals surface area contributed by atoms with E-state index in [0.717, 1.165) is 25.0 Å². The summed E-state index contributed by atoms with van der Waals surface area (Å²) in [5.74, 6) is -1.19. The molecule has 0 aromatic heterocycles. The van der Waals surface area contributed by atoms with E-state index in [1.165, 1.54) is 6.07 Å². The van der Waals surface area contributed by atoms with Gasteiger partial charge in [-0.1, -0.05) is 12.1 Å². The summed E-state index contributed by atoms with van der Waals surface area (Å²) in [5.41, 5.74) is 1.14. The lowest BCUT2D eigenvalue weighted by atomic mass is 10.1. The van der Waals surface area contributed by atoms with Crippen molar-refractivity contribution in [2.45, 2.75) is 25.6 Å². The summed E-state index contributed by atoms with van der Waals surface area (Å²) in [6.45, 7) is 1.32. The smallest absolute Gasteiger partial charge is 0.254 e. The maximum atomic E-state index is 13.3. The third-order valence-electron chi connectivity index (χ3n) is 4.45. The van der Waals surface area contributed by atoms with Gasteiger partial charge in [-0.3, -0.25) is 4.79 Å². The fourth-order valence-electron chi connectivity index (χ4n) is 3.04. The van der Waals surface area contributed by atoms with Crippen LogP contribution in [0.5, 0.6) is 5.75 Å².